The zero-order valence-electron chi connectivity index (χ0n) is 54.4. The predicted molar refractivity (Wildman–Crippen MR) is 362 cm³/mol. The van der Waals surface area contributed by atoms with E-state index in [0.717, 1.165) is 122 Å². The number of allylic oxidation sites excluding steroid dienone is 20. The Hall–Kier alpha value is -4.19. The van der Waals surface area contributed by atoms with Gasteiger partial charge in [-0.3, -0.25) is 14.4 Å². The van der Waals surface area contributed by atoms with Gasteiger partial charge in [0.15, 0.2) is 6.10 Å². The molecule has 0 rings (SSSR count). The second-order valence-electron chi connectivity index (χ2n) is 23.1. The second-order valence-corrected chi connectivity index (χ2v) is 23.1. The predicted octanol–water partition coefficient (Wildman–Crippen LogP) is 24.3. The van der Waals surface area contributed by atoms with Crippen LogP contribution >= 0.6 is 0 Å². The molecule has 6 heteroatoms. The smallest absolute Gasteiger partial charge is 0.306 e. The van der Waals surface area contributed by atoms with E-state index in [1.54, 1.807) is 0 Å². The molecule has 6 nitrogen and oxygen atoms in total. The van der Waals surface area contributed by atoms with Crippen LogP contribution in [-0.2, 0) is 28.6 Å². The zero-order chi connectivity index (χ0) is 59.9. The van der Waals surface area contributed by atoms with Crippen LogP contribution in [0.1, 0.15) is 329 Å². The van der Waals surface area contributed by atoms with Gasteiger partial charge in [0.25, 0.3) is 0 Å². The molecule has 0 aromatic heterocycles. The van der Waals surface area contributed by atoms with Gasteiger partial charge in [-0.15, -0.1) is 0 Å². The minimum Gasteiger partial charge on any atom is -0.462 e. The summed E-state index contributed by atoms with van der Waals surface area (Å²) in [6.07, 6.45) is 97.8. The van der Waals surface area contributed by atoms with E-state index in [-0.39, 0.29) is 31.1 Å². The summed E-state index contributed by atoms with van der Waals surface area (Å²) in [6, 6.07) is 0. The lowest BCUT2D eigenvalue weighted by Gasteiger charge is -2.18. The first-order chi connectivity index (χ1) is 41.0. The van der Waals surface area contributed by atoms with Crippen LogP contribution in [0.15, 0.2) is 122 Å². The maximum atomic E-state index is 13.0. The molecule has 1 unspecified atom stereocenters. The fraction of sp³-hybridized carbons (Fsp3) is 0.701. The van der Waals surface area contributed by atoms with Gasteiger partial charge in [-0.1, -0.05) is 296 Å². The van der Waals surface area contributed by atoms with Gasteiger partial charge in [-0.25, -0.2) is 0 Å². The number of ether oxygens (including phenoxy) is 3. The third-order valence-corrected chi connectivity index (χ3v) is 14.9. The van der Waals surface area contributed by atoms with Gasteiger partial charge in [0.1, 0.15) is 13.2 Å². The van der Waals surface area contributed by atoms with Crippen molar-refractivity contribution in [3.05, 3.63) is 122 Å². The first-order valence-electron chi connectivity index (χ1n) is 35.0. The maximum Gasteiger partial charge on any atom is 0.306 e. The molecule has 0 bridgehead atoms. The molecular weight excluding hydrogens is 1020 g/mol. The van der Waals surface area contributed by atoms with E-state index < -0.39 is 6.10 Å². The number of hydrogen-bond donors (Lipinski definition) is 0. The Morgan fingerprint density at radius 3 is 0.759 bits per heavy atom. The number of carbonyl (C=O) groups is 3. The molecule has 0 amide bonds. The van der Waals surface area contributed by atoms with Crippen LogP contribution in [-0.4, -0.2) is 37.2 Å². The molecule has 0 aromatic rings. The van der Waals surface area contributed by atoms with Crippen molar-refractivity contribution in [2.24, 2.45) is 0 Å². The largest absolute Gasteiger partial charge is 0.462 e. The summed E-state index contributed by atoms with van der Waals surface area (Å²) in [5, 5.41) is 0. The van der Waals surface area contributed by atoms with E-state index >= 15 is 0 Å². The standard InChI is InChI=1S/C77H130O6/c1-4-7-10-13-16-19-22-25-27-29-31-33-35-36-37-38-39-40-42-43-45-47-49-52-55-58-61-64-67-70-76(79)82-73-74(72-81-75(78)69-66-63-60-57-54-51-24-21-18-15-12-9-6-3)83-77(80)71-68-65-62-59-56-53-50-48-46-44-41-34-32-30-28-26-23-20-17-14-11-8-5-2/h7,10,16,19,21,23-27,30-33,36-37,39-40,43,45,74H,4-6,8-9,11-15,17-18,20,22,28-29,34-35,38,41-42,44,46-73H2,1-3H3/b10-7-,19-16-,24-21-,26-23-,27-25-,32-30-,33-31-,37-36-,40-39-,45-43-. The summed E-state index contributed by atoms with van der Waals surface area (Å²) >= 11 is 0. The topological polar surface area (TPSA) is 78.9 Å². The lowest BCUT2D eigenvalue weighted by atomic mass is 10.0. The average molecular weight is 1150 g/mol. The van der Waals surface area contributed by atoms with E-state index in [4.69, 9.17) is 14.2 Å². The highest BCUT2D eigenvalue weighted by Gasteiger charge is 2.19. The van der Waals surface area contributed by atoms with Crippen molar-refractivity contribution in [2.45, 2.75) is 335 Å². The highest BCUT2D eigenvalue weighted by Crippen LogP contribution is 2.16. The second kappa shape index (κ2) is 70.3. The van der Waals surface area contributed by atoms with Crippen molar-refractivity contribution in [3.63, 3.8) is 0 Å². The number of esters is 3. The average Bonchev–Trinajstić information content (AvgIpc) is 3.49. The van der Waals surface area contributed by atoms with Gasteiger partial charge >= 0.3 is 17.9 Å². The Labute approximate surface area is 513 Å². The molecule has 1 atom stereocenters. The third-order valence-electron chi connectivity index (χ3n) is 14.9. The normalized spacial score (nSPS) is 12.9. The molecule has 0 spiro atoms. The molecule has 0 aliphatic carbocycles. The Kier molecular flexibility index (Phi) is 66.7. The minimum absolute atomic E-state index is 0.0871. The van der Waals surface area contributed by atoms with Crippen LogP contribution in [0.2, 0.25) is 0 Å². The van der Waals surface area contributed by atoms with Crippen LogP contribution in [0.4, 0.5) is 0 Å². The monoisotopic (exact) mass is 1150 g/mol. The van der Waals surface area contributed by atoms with Crippen LogP contribution in [0.25, 0.3) is 0 Å². The first kappa shape index (κ1) is 78.8. The van der Waals surface area contributed by atoms with Crippen molar-refractivity contribution < 1.29 is 28.6 Å². The Balaban J connectivity index is 4.34. The van der Waals surface area contributed by atoms with Crippen LogP contribution in [0.5, 0.6) is 0 Å². The van der Waals surface area contributed by atoms with E-state index in [1.807, 2.05) is 0 Å². The number of carbonyl (C=O) groups excluding carboxylic acids is 3. The van der Waals surface area contributed by atoms with E-state index in [0.29, 0.717) is 19.3 Å². The summed E-state index contributed by atoms with van der Waals surface area (Å²) in [5.74, 6) is -0.899. The van der Waals surface area contributed by atoms with E-state index in [1.165, 1.54) is 167 Å². The van der Waals surface area contributed by atoms with Gasteiger partial charge in [0, 0.05) is 19.3 Å². The molecule has 0 saturated carbocycles. The molecule has 0 N–H and O–H groups in total. The maximum absolute atomic E-state index is 13.0. The van der Waals surface area contributed by atoms with Gasteiger partial charge in [-0.05, 0) is 135 Å². The van der Waals surface area contributed by atoms with Crippen molar-refractivity contribution in [3.8, 4) is 0 Å². The molecule has 0 fully saturated rings. The van der Waals surface area contributed by atoms with Crippen molar-refractivity contribution >= 4 is 17.9 Å². The fourth-order valence-corrected chi connectivity index (χ4v) is 9.68. The van der Waals surface area contributed by atoms with Gasteiger partial charge in [0.2, 0.25) is 0 Å². The molecular formula is C77H130O6. The fourth-order valence-electron chi connectivity index (χ4n) is 9.68. The number of rotatable bonds is 63. The summed E-state index contributed by atoms with van der Waals surface area (Å²) in [6.45, 7) is 6.51. The molecule has 83 heavy (non-hydrogen) atoms. The Bertz CT molecular complexity index is 1700. The summed E-state index contributed by atoms with van der Waals surface area (Å²) in [7, 11) is 0. The first-order valence-corrected chi connectivity index (χ1v) is 35.0. The molecule has 474 valence electrons. The Morgan fingerprint density at radius 1 is 0.253 bits per heavy atom. The SMILES string of the molecule is CC/C=C\C/C=C\C/C=C\C/C=C\C/C=C\C/C=C\C/C=C\CCCCCCCCCC(=O)OCC(COC(=O)CCCCCCC/C=C\CCCCCC)OC(=O)CCCCCCCCCCCCC/C=C\C/C=C\CCCCCCC. The molecule has 0 aliphatic heterocycles. The molecule has 0 heterocycles. The summed E-state index contributed by atoms with van der Waals surface area (Å²) < 4.78 is 17.0. The van der Waals surface area contributed by atoms with Crippen molar-refractivity contribution in [2.75, 3.05) is 13.2 Å². The quantitative estimate of drug-likeness (QED) is 0.0261. The third kappa shape index (κ3) is 68.5. The van der Waals surface area contributed by atoms with Gasteiger partial charge in [-0.2, -0.15) is 0 Å². The number of unbranched alkanes of at least 4 members (excludes halogenated alkanes) is 32. The lowest BCUT2D eigenvalue weighted by molar-refractivity contribution is -0.167. The van der Waals surface area contributed by atoms with Gasteiger partial charge < -0.3 is 14.2 Å². The minimum atomic E-state index is -0.792. The summed E-state index contributed by atoms with van der Waals surface area (Å²) in [5.41, 5.74) is 0. The lowest BCUT2D eigenvalue weighted by Crippen LogP contribution is -2.30. The highest BCUT2D eigenvalue weighted by atomic mass is 16.6. The molecule has 0 saturated heterocycles. The van der Waals surface area contributed by atoms with Crippen LogP contribution in [0.3, 0.4) is 0 Å². The van der Waals surface area contributed by atoms with E-state index in [9.17, 15) is 14.4 Å². The highest BCUT2D eigenvalue weighted by molar-refractivity contribution is 5.71. The Morgan fingerprint density at radius 2 is 0.470 bits per heavy atom. The van der Waals surface area contributed by atoms with Crippen molar-refractivity contribution in [1.82, 2.24) is 0 Å². The zero-order valence-corrected chi connectivity index (χ0v) is 54.4. The summed E-state index contributed by atoms with van der Waals surface area (Å²) in [4.78, 5) is 38.4. The van der Waals surface area contributed by atoms with Crippen LogP contribution in [0, 0.1) is 0 Å². The van der Waals surface area contributed by atoms with E-state index in [2.05, 4.69) is 142 Å². The van der Waals surface area contributed by atoms with Crippen LogP contribution < -0.4 is 0 Å². The number of hydrogen-bond acceptors (Lipinski definition) is 6. The molecule has 0 aromatic carbocycles. The molecule has 0 radical (unpaired) electrons. The van der Waals surface area contributed by atoms with Gasteiger partial charge in [0.05, 0.1) is 0 Å². The molecule has 0 aliphatic rings. The van der Waals surface area contributed by atoms with Crippen molar-refractivity contribution in [1.29, 1.82) is 0 Å².